The van der Waals surface area contributed by atoms with Gasteiger partial charge < -0.3 is 30.8 Å². The van der Waals surface area contributed by atoms with Gasteiger partial charge >= 0.3 is 0 Å². The smallest absolute Gasteiger partial charge is 0.253 e. The van der Waals surface area contributed by atoms with Crippen molar-refractivity contribution >= 4 is 35.1 Å². The molecule has 0 aliphatic rings. The number of nitrogens with zero attached hydrogens (tertiary/aromatic N) is 1. The van der Waals surface area contributed by atoms with Gasteiger partial charge in [-0.3, -0.25) is 9.59 Å². The van der Waals surface area contributed by atoms with Gasteiger partial charge in [0.05, 0.1) is 17.8 Å². The maximum absolute atomic E-state index is 13.2. The Bertz CT molecular complexity index is 996. The zero-order chi connectivity index (χ0) is 27.5. The van der Waals surface area contributed by atoms with Crippen LogP contribution in [0.15, 0.2) is 30.5 Å². The van der Waals surface area contributed by atoms with Crippen LogP contribution in [0.4, 0.5) is 0 Å². The van der Waals surface area contributed by atoms with Crippen molar-refractivity contribution in [3.63, 3.8) is 0 Å². The van der Waals surface area contributed by atoms with E-state index in [9.17, 15) is 14.7 Å². The Kier molecular flexibility index (Phi) is 14.9. The van der Waals surface area contributed by atoms with E-state index in [0.717, 1.165) is 23.7 Å². The summed E-state index contributed by atoms with van der Waals surface area (Å²) >= 11 is 0. The first-order valence-electron chi connectivity index (χ1n) is 13.7. The molecule has 9 heteroatoms. The summed E-state index contributed by atoms with van der Waals surface area (Å²) in [6, 6.07) is 7.40. The minimum absolute atomic E-state index is 0. The third-order valence-electron chi connectivity index (χ3n) is 7.30. The summed E-state index contributed by atoms with van der Waals surface area (Å²) in [5.74, 6) is -0.141. The molecule has 0 aliphatic carbocycles. The van der Waals surface area contributed by atoms with E-state index in [0.29, 0.717) is 38.0 Å². The molecule has 0 aliphatic heterocycles. The van der Waals surface area contributed by atoms with Crippen molar-refractivity contribution in [2.75, 3.05) is 20.2 Å². The summed E-state index contributed by atoms with van der Waals surface area (Å²) in [7, 11) is 1.68. The Morgan fingerprint density at radius 1 is 1.11 bits per heavy atom. The van der Waals surface area contributed by atoms with Crippen LogP contribution in [0.2, 0.25) is 0 Å². The van der Waals surface area contributed by atoms with Crippen molar-refractivity contribution < 1.29 is 19.4 Å². The summed E-state index contributed by atoms with van der Waals surface area (Å²) in [5, 5.41) is 17.6. The van der Waals surface area contributed by atoms with Crippen LogP contribution in [0.1, 0.15) is 70.7 Å². The van der Waals surface area contributed by atoms with Crippen LogP contribution in [0.3, 0.4) is 0 Å². The van der Waals surface area contributed by atoms with Crippen LogP contribution in [0.5, 0.6) is 0 Å². The van der Waals surface area contributed by atoms with Gasteiger partial charge in [0.2, 0.25) is 5.91 Å². The average Bonchev–Trinajstić information content (AvgIpc) is 3.24. The first-order valence-corrected chi connectivity index (χ1v) is 13.7. The zero-order valence-electron chi connectivity index (χ0n) is 23.9. The number of hydrogen-bond donors (Lipinski definition) is 4. The van der Waals surface area contributed by atoms with E-state index in [2.05, 4.69) is 36.0 Å². The van der Waals surface area contributed by atoms with Gasteiger partial charge in [-0.1, -0.05) is 52.3 Å². The highest BCUT2D eigenvalue weighted by Gasteiger charge is 2.26. The number of nitrogens with one attached hydrogen (secondary N) is 2. The number of methoxy groups -OCH3 is 1. The predicted molar refractivity (Wildman–Crippen MR) is 157 cm³/mol. The fourth-order valence-corrected chi connectivity index (χ4v) is 4.55. The Morgan fingerprint density at radius 3 is 2.42 bits per heavy atom. The van der Waals surface area contributed by atoms with Crippen molar-refractivity contribution in [2.24, 2.45) is 23.5 Å². The van der Waals surface area contributed by atoms with Gasteiger partial charge in [0.15, 0.2) is 0 Å². The van der Waals surface area contributed by atoms with Crippen LogP contribution in [-0.4, -0.2) is 59.9 Å². The number of ether oxygens (including phenoxy) is 1. The Balaban J connectivity index is 0.00000722. The largest absolute Gasteiger partial charge is 0.391 e. The number of unbranched alkanes of at least 4 members (excludes halogenated alkanes) is 1. The quantitative estimate of drug-likeness (QED) is 0.234. The molecule has 0 spiro atoms. The van der Waals surface area contributed by atoms with Crippen LogP contribution in [0, 0.1) is 17.8 Å². The fraction of sp³-hybridized carbons (Fsp3) is 0.655. The van der Waals surface area contributed by atoms with Gasteiger partial charge in [-0.25, -0.2) is 0 Å². The molecular formula is C29H49ClN4O4. The third kappa shape index (κ3) is 9.88. The highest BCUT2D eigenvalue weighted by molar-refractivity contribution is 6.07. The monoisotopic (exact) mass is 552 g/mol. The molecule has 1 aromatic carbocycles. The second-order valence-corrected chi connectivity index (χ2v) is 10.7. The molecule has 1 heterocycles. The highest BCUT2D eigenvalue weighted by atomic mass is 35.5. The molecule has 2 aromatic rings. The molecule has 5 N–H and O–H groups in total. The molecule has 0 bridgehead atoms. The molecule has 0 saturated carbocycles. The lowest BCUT2D eigenvalue weighted by atomic mass is 9.86. The molecule has 2 amide bonds. The number of aliphatic hydroxyl groups is 1. The van der Waals surface area contributed by atoms with Crippen molar-refractivity contribution in [3.05, 3.63) is 36.0 Å². The number of carbonyl (C=O) groups excluding carboxylic acids is 2. The lowest BCUT2D eigenvalue weighted by Gasteiger charge is -2.28. The maximum Gasteiger partial charge on any atom is 0.253 e. The molecule has 8 nitrogen and oxygen atoms in total. The van der Waals surface area contributed by atoms with Crippen molar-refractivity contribution in [2.45, 2.75) is 85.1 Å². The Morgan fingerprint density at radius 2 is 1.79 bits per heavy atom. The SMILES string of the molecule is CCCCNC(=O)C(C)CC(O)C(N)CC(CNC(=O)c1cn(CC(C)OC)c2ccccc12)C(C)C.Cl. The van der Waals surface area contributed by atoms with Gasteiger partial charge in [0, 0.05) is 55.8 Å². The fourth-order valence-electron chi connectivity index (χ4n) is 4.55. The zero-order valence-corrected chi connectivity index (χ0v) is 24.7. The summed E-state index contributed by atoms with van der Waals surface area (Å²) in [6.07, 6.45) is 3.95. The van der Waals surface area contributed by atoms with Crippen LogP contribution >= 0.6 is 12.4 Å². The van der Waals surface area contributed by atoms with Crippen LogP contribution in [0.25, 0.3) is 10.9 Å². The lowest BCUT2D eigenvalue weighted by Crippen LogP contribution is -2.42. The number of carbonyl (C=O) groups is 2. The number of halogens is 1. The molecule has 1 aromatic heterocycles. The molecule has 5 atom stereocenters. The first kappa shape index (κ1) is 33.9. The number of fused-ring (bicyclic) bond motifs is 1. The molecule has 5 unspecified atom stereocenters. The summed E-state index contributed by atoms with van der Waals surface area (Å²) < 4.78 is 7.48. The number of aromatic nitrogens is 1. The third-order valence-corrected chi connectivity index (χ3v) is 7.30. The Hall–Kier alpha value is -2.13. The summed E-state index contributed by atoms with van der Waals surface area (Å²) in [5.41, 5.74) is 8.00. The Labute approximate surface area is 234 Å². The summed E-state index contributed by atoms with van der Waals surface area (Å²) in [4.78, 5) is 25.5. The number of aliphatic hydroxyl groups excluding tert-OH is 1. The molecule has 0 fully saturated rings. The second kappa shape index (κ2) is 16.7. The number of nitrogens with two attached hydrogens (primary N) is 1. The molecule has 38 heavy (non-hydrogen) atoms. The topological polar surface area (TPSA) is 119 Å². The molecule has 0 radical (unpaired) electrons. The van der Waals surface area contributed by atoms with E-state index in [-0.39, 0.29) is 48.1 Å². The summed E-state index contributed by atoms with van der Waals surface area (Å²) in [6.45, 7) is 11.9. The van der Waals surface area contributed by atoms with E-state index < -0.39 is 12.1 Å². The molecule has 0 saturated heterocycles. The van der Waals surface area contributed by atoms with E-state index in [1.165, 1.54) is 0 Å². The predicted octanol–water partition coefficient (Wildman–Crippen LogP) is 4.12. The standard InChI is InChI=1S/C29H48N4O4.ClH/c1-7-8-13-31-28(35)20(4)14-27(34)25(30)15-22(19(2)3)16-32-29(36)24-18-33(17-21(5)37-6)26-12-10-9-11-23(24)26;/h9-12,18-22,25,27,34H,7-8,13-17,30H2,1-6H3,(H,31,35)(H,32,36);1H. The van der Waals surface area contributed by atoms with E-state index in [1.54, 1.807) is 7.11 Å². The highest BCUT2D eigenvalue weighted by Crippen LogP contribution is 2.23. The van der Waals surface area contributed by atoms with Gasteiger partial charge in [0.1, 0.15) is 0 Å². The normalized spacial score (nSPS) is 15.4. The number of benzene rings is 1. The lowest BCUT2D eigenvalue weighted by molar-refractivity contribution is -0.125. The number of hydrogen-bond acceptors (Lipinski definition) is 5. The minimum atomic E-state index is -0.787. The van der Waals surface area contributed by atoms with Crippen molar-refractivity contribution in [3.8, 4) is 0 Å². The van der Waals surface area contributed by atoms with E-state index in [1.807, 2.05) is 44.3 Å². The maximum atomic E-state index is 13.2. The van der Waals surface area contributed by atoms with Gasteiger partial charge in [-0.2, -0.15) is 0 Å². The van der Waals surface area contributed by atoms with Gasteiger partial charge in [0.25, 0.3) is 5.91 Å². The van der Waals surface area contributed by atoms with Gasteiger partial charge in [-0.15, -0.1) is 12.4 Å². The number of amides is 2. The molecule has 2 rings (SSSR count). The second-order valence-electron chi connectivity index (χ2n) is 10.7. The van der Waals surface area contributed by atoms with Crippen molar-refractivity contribution in [1.29, 1.82) is 0 Å². The molecule has 216 valence electrons. The van der Waals surface area contributed by atoms with Crippen LogP contribution < -0.4 is 16.4 Å². The van der Waals surface area contributed by atoms with E-state index >= 15 is 0 Å². The average molecular weight is 553 g/mol. The first-order chi connectivity index (χ1) is 17.6. The number of rotatable bonds is 16. The minimum Gasteiger partial charge on any atom is -0.391 e. The van der Waals surface area contributed by atoms with E-state index in [4.69, 9.17) is 10.5 Å². The van der Waals surface area contributed by atoms with Crippen LogP contribution in [-0.2, 0) is 16.1 Å². The number of para-hydroxylation sites is 1. The van der Waals surface area contributed by atoms with Crippen molar-refractivity contribution in [1.82, 2.24) is 15.2 Å². The van der Waals surface area contributed by atoms with Gasteiger partial charge in [-0.05, 0) is 44.1 Å². The molecular weight excluding hydrogens is 504 g/mol.